The number of Topliss-reactive ketones (excluding diaryl/α,β-unsaturated/α-hetero) is 1. The Labute approximate surface area is 171 Å². The summed E-state index contributed by atoms with van der Waals surface area (Å²) < 4.78 is 0. The zero-order valence-corrected chi connectivity index (χ0v) is 17.4. The first-order chi connectivity index (χ1) is 13.2. The van der Waals surface area contributed by atoms with Crippen LogP contribution in [0, 0.1) is 11.3 Å². The van der Waals surface area contributed by atoms with Crippen LogP contribution in [0.15, 0.2) is 35.5 Å². The smallest absolute Gasteiger partial charge is 0.232 e. The topological polar surface area (TPSA) is 66.5 Å². The largest absolute Gasteiger partial charge is 0.326 e. The van der Waals surface area contributed by atoms with Crippen LogP contribution >= 0.6 is 11.6 Å². The van der Waals surface area contributed by atoms with Gasteiger partial charge in [0.15, 0.2) is 5.78 Å². The molecule has 0 saturated carbocycles. The fraction of sp³-hybridized carbons (Fsp3) is 0.500. The summed E-state index contributed by atoms with van der Waals surface area (Å²) in [5.41, 5.74) is 1.67. The summed E-state index contributed by atoms with van der Waals surface area (Å²) in [7, 11) is 0. The van der Waals surface area contributed by atoms with E-state index in [4.69, 9.17) is 11.6 Å². The number of anilines is 1. The van der Waals surface area contributed by atoms with Crippen LogP contribution in [-0.4, -0.2) is 29.0 Å². The first-order valence-corrected chi connectivity index (χ1v) is 10.2. The number of halogens is 1. The fourth-order valence-electron chi connectivity index (χ4n) is 4.04. The quantitative estimate of drug-likeness (QED) is 0.784. The maximum Gasteiger partial charge on any atom is 0.232 e. The number of rotatable bonds is 5. The number of hydrogen-bond acceptors (Lipinski definition) is 3. The highest BCUT2D eigenvalue weighted by Crippen LogP contribution is 2.44. The lowest BCUT2D eigenvalue weighted by atomic mass is 9.70. The van der Waals surface area contributed by atoms with Crippen LogP contribution in [0.25, 0.3) is 0 Å². The van der Waals surface area contributed by atoms with E-state index in [0.717, 1.165) is 18.5 Å². The Morgan fingerprint density at radius 3 is 2.54 bits per heavy atom. The molecule has 3 rings (SSSR count). The van der Waals surface area contributed by atoms with Crippen LogP contribution in [0.4, 0.5) is 5.69 Å². The first kappa shape index (κ1) is 20.6. The molecule has 5 nitrogen and oxygen atoms in total. The average Bonchev–Trinajstić information content (AvgIpc) is 2.61. The summed E-state index contributed by atoms with van der Waals surface area (Å²) in [6.07, 6.45) is 2.90. The molecule has 150 valence electrons. The number of carbonyl (C=O) groups excluding carboxylic acids is 3. The second-order valence-corrected chi connectivity index (χ2v) is 8.89. The Kier molecular flexibility index (Phi) is 5.94. The van der Waals surface area contributed by atoms with Crippen molar-refractivity contribution in [3.05, 3.63) is 40.6 Å². The van der Waals surface area contributed by atoms with Crippen molar-refractivity contribution in [2.24, 2.45) is 11.3 Å². The molecule has 1 aliphatic carbocycles. The lowest BCUT2D eigenvalue weighted by molar-refractivity contribution is -0.136. The van der Waals surface area contributed by atoms with Crippen LogP contribution in [0.1, 0.15) is 52.9 Å². The summed E-state index contributed by atoms with van der Waals surface area (Å²) in [4.78, 5) is 40.6. The summed E-state index contributed by atoms with van der Waals surface area (Å²) in [6, 6.07) is 6.79. The van der Waals surface area contributed by atoms with Gasteiger partial charge in [0, 0.05) is 41.4 Å². The number of nitrogens with one attached hydrogen (secondary N) is 1. The van der Waals surface area contributed by atoms with Crippen molar-refractivity contribution in [1.29, 1.82) is 0 Å². The molecule has 2 aliphatic rings. The van der Waals surface area contributed by atoms with E-state index in [-0.39, 0.29) is 29.4 Å². The summed E-state index contributed by atoms with van der Waals surface area (Å²) in [5, 5.41) is 3.41. The molecule has 0 fully saturated rings. The number of amides is 2. The van der Waals surface area contributed by atoms with Crippen molar-refractivity contribution >= 4 is 34.9 Å². The van der Waals surface area contributed by atoms with Gasteiger partial charge >= 0.3 is 0 Å². The molecule has 0 radical (unpaired) electrons. The predicted octanol–water partition coefficient (Wildman–Crippen LogP) is 4.57. The summed E-state index contributed by atoms with van der Waals surface area (Å²) in [5.74, 6) is -1.14. The van der Waals surface area contributed by atoms with Gasteiger partial charge in [-0.2, -0.15) is 0 Å². The van der Waals surface area contributed by atoms with Gasteiger partial charge in [-0.15, -0.1) is 0 Å². The Hall–Kier alpha value is -2.14. The van der Waals surface area contributed by atoms with Gasteiger partial charge < -0.3 is 10.2 Å². The third-order valence-electron chi connectivity index (χ3n) is 5.41. The summed E-state index contributed by atoms with van der Waals surface area (Å²) >= 11 is 5.90. The molecular formula is C22H27ClN2O3. The van der Waals surface area contributed by atoms with E-state index in [1.165, 1.54) is 0 Å². The van der Waals surface area contributed by atoms with Crippen molar-refractivity contribution in [2.45, 2.75) is 52.9 Å². The van der Waals surface area contributed by atoms with Gasteiger partial charge in [-0.3, -0.25) is 14.4 Å². The number of carbonyl (C=O) groups is 3. The molecule has 0 spiro atoms. The standard InChI is InChI=1S/C22H27ClN2O3/c1-4-5-10-25-17-12-22(2,3)13-18(26)20(17)16(11-19(25)27)21(28)24-15-8-6-14(23)7-9-15/h6-9,16H,4-5,10-13H2,1-3H3,(H,24,28)/t16-/m0/s1. The van der Waals surface area contributed by atoms with Crippen LogP contribution in [-0.2, 0) is 14.4 Å². The maximum absolute atomic E-state index is 13.0. The lowest BCUT2D eigenvalue weighted by Gasteiger charge is -2.42. The highest BCUT2D eigenvalue weighted by Gasteiger charge is 2.45. The van der Waals surface area contributed by atoms with Crippen molar-refractivity contribution in [1.82, 2.24) is 4.90 Å². The van der Waals surface area contributed by atoms with E-state index >= 15 is 0 Å². The zero-order chi connectivity index (χ0) is 20.5. The number of benzene rings is 1. The Morgan fingerprint density at radius 1 is 1.21 bits per heavy atom. The van der Waals surface area contributed by atoms with Gasteiger partial charge in [0.25, 0.3) is 0 Å². The molecule has 1 heterocycles. The Bertz CT molecular complexity index is 827. The number of hydrogen-bond donors (Lipinski definition) is 1. The number of unbranched alkanes of at least 4 members (excludes halogenated alkanes) is 1. The zero-order valence-electron chi connectivity index (χ0n) is 16.7. The van der Waals surface area contributed by atoms with E-state index in [1.54, 1.807) is 29.2 Å². The third kappa shape index (κ3) is 4.30. The molecule has 1 atom stereocenters. The molecule has 0 unspecified atom stereocenters. The molecular weight excluding hydrogens is 376 g/mol. The molecule has 0 bridgehead atoms. The van der Waals surface area contributed by atoms with Crippen LogP contribution in [0.3, 0.4) is 0 Å². The van der Waals surface area contributed by atoms with E-state index in [1.807, 2.05) is 13.8 Å². The minimum Gasteiger partial charge on any atom is -0.326 e. The third-order valence-corrected chi connectivity index (χ3v) is 5.67. The average molecular weight is 403 g/mol. The summed E-state index contributed by atoms with van der Waals surface area (Å²) in [6.45, 7) is 6.74. The predicted molar refractivity (Wildman–Crippen MR) is 110 cm³/mol. The molecule has 1 aliphatic heterocycles. The first-order valence-electron chi connectivity index (χ1n) is 9.85. The molecule has 0 aromatic heterocycles. The van der Waals surface area contributed by atoms with Gasteiger partial charge in [-0.25, -0.2) is 0 Å². The molecule has 2 amide bonds. The van der Waals surface area contributed by atoms with Gasteiger partial charge in [-0.05, 0) is 42.5 Å². The minimum absolute atomic E-state index is 0.0171. The van der Waals surface area contributed by atoms with Crippen molar-refractivity contribution in [3.63, 3.8) is 0 Å². The molecule has 1 N–H and O–H groups in total. The molecule has 0 saturated heterocycles. The van der Waals surface area contributed by atoms with E-state index in [0.29, 0.717) is 35.7 Å². The maximum atomic E-state index is 13.0. The number of allylic oxidation sites excluding steroid dienone is 1. The Balaban J connectivity index is 1.94. The highest BCUT2D eigenvalue weighted by atomic mass is 35.5. The van der Waals surface area contributed by atoms with Gasteiger partial charge in [0.05, 0.1) is 5.92 Å². The van der Waals surface area contributed by atoms with E-state index < -0.39 is 5.92 Å². The van der Waals surface area contributed by atoms with Gasteiger partial charge in [0.1, 0.15) is 0 Å². The van der Waals surface area contributed by atoms with Crippen LogP contribution in [0.2, 0.25) is 5.02 Å². The van der Waals surface area contributed by atoms with Crippen molar-refractivity contribution in [2.75, 3.05) is 11.9 Å². The highest BCUT2D eigenvalue weighted by molar-refractivity contribution is 6.30. The van der Waals surface area contributed by atoms with Crippen LogP contribution < -0.4 is 5.32 Å². The molecule has 6 heteroatoms. The monoisotopic (exact) mass is 402 g/mol. The lowest BCUT2D eigenvalue weighted by Crippen LogP contribution is -2.47. The SMILES string of the molecule is CCCCN1C(=O)C[C@H](C(=O)Nc2ccc(Cl)cc2)C2=C1CC(C)(C)CC2=O. The fourth-order valence-corrected chi connectivity index (χ4v) is 4.16. The van der Waals surface area contributed by atoms with E-state index in [9.17, 15) is 14.4 Å². The number of ketones is 1. The van der Waals surface area contributed by atoms with E-state index in [2.05, 4.69) is 12.2 Å². The van der Waals surface area contributed by atoms with Gasteiger partial charge in [0.2, 0.25) is 11.8 Å². The van der Waals surface area contributed by atoms with Crippen molar-refractivity contribution < 1.29 is 14.4 Å². The normalized spacial score (nSPS) is 21.6. The minimum atomic E-state index is -0.736. The molecule has 1 aromatic carbocycles. The Morgan fingerprint density at radius 2 is 1.89 bits per heavy atom. The second-order valence-electron chi connectivity index (χ2n) is 8.45. The number of nitrogens with zero attached hydrogens (tertiary/aromatic N) is 1. The van der Waals surface area contributed by atoms with Gasteiger partial charge in [-0.1, -0.05) is 38.8 Å². The van der Waals surface area contributed by atoms with Crippen molar-refractivity contribution in [3.8, 4) is 0 Å². The van der Waals surface area contributed by atoms with Crippen LogP contribution in [0.5, 0.6) is 0 Å². The second kappa shape index (κ2) is 8.08. The molecule has 28 heavy (non-hydrogen) atoms. The molecule has 1 aromatic rings.